The van der Waals surface area contributed by atoms with Crippen molar-refractivity contribution in [1.29, 1.82) is 0 Å². The molecule has 1 unspecified atom stereocenters. The molecule has 1 amide bonds. The van der Waals surface area contributed by atoms with E-state index in [9.17, 15) is 9.59 Å². The first-order valence-electron chi connectivity index (χ1n) is 5.17. The van der Waals surface area contributed by atoms with Crippen molar-refractivity contribution in [2.45, 2.75) is 6.42 Å². The first-order chi connectivity index (χ1) is 8.11. The molecular formula is C11H11BrN2O3. The van der Waals surface area contributed by atoms with E-state index in [0.29, 0.717) is 24.6 Å². The second-order valence-electron chi connectivity index (χ2n) is 3.94. The maximum atomic E-state index is 11.7. The zero-order valence-corrected chi connectivity index (χ0v) is 10.6. The minimum Gasteiger partial charge on any atom is -0.477 e. The summed E-state index contributed by atoms with van der Waals surface area (Å²) in [6.07, 6.45) is 1.95. The van der Waals surface area contributed by atoms with Gasteiger partial charge in [-0.05, 0) is 18.1 Å². The lowest BCUT2D eigenvalue weighted by Gasteiger charge is -2.15. The van der Waals surface area contributed by atoms with Crippen LogP contribution in [-0.4, -0.2) is 33.8 Å². The number of halogens is 1. The van der Waals surface area contributed by atoms with Crippen LogP contribution in [0.1, 0.15) is 16.9 Å². The van der Waals surface area contributed by atoms with Gasteiger partial charge < -0.3 is 10.0 Å². The molecule has 0 saturated carbocycles. The van der Waals surface area contributed by atoms with Crippen molar-refractivity contribution in [1.82, 2.24) is 4.98 Å². The molecule has 5 nitrogen and oxygen atoms in total. The number of anilines is 1. The summed E-state index contributed by atoms with van der Waals surface area (Å²) in [5.74, 6) is -0.705. The maximum absolute atomic E-state index is 11.7. The average Bonchev–Trinajstić information content (AvgIpc) is 2.71. The lowest BCUT2D eigenvalue weighted by molar-refractivity contribution is -0.117. The topological polar surface area (TPSA) is 70.5 Å². The van der Waals surface area contributed by atoms with Gasteiger partial charge in [-0.1, -0.05) is 15.9 Å². The van der Waals surface area contributed by atoms with Crippen molar-refractivity contribution in [2.24, 2.45) is 5.92 Å². The van der Waals surface area contributed by atoms with Gasteiger partial charge >= 0.3 is 5.97 Å². The van der Waals surface area contributed by atoms with Crippen LogP contribution in [0.15, 0.2) is 18.3 Å². The number of hydrogen-bond acceptors (Lipinski definition) is 3. The van der Waals surface area contributed by atoms with E-state index in [0.717, 1.165) is 5.33 Å². The van der Waals surface area contributed by atoms with E-state index in [4.69, 9.17) is 5.11 Å². The van der Waals surface area contributed by atoms with E-state index in [-0.39, 0.29) is 11.6 Å². The third kappa shape index (κ3) is 2.46. The van der Waals surface area contributed by atoms with E-state index in [1.165, 1.54) is 12.3 Å². The van der Waals surface area contributed by atoms with Gasteiger partial charge in [0.15, 0.2) is 0 Å². The molecule has 1 aliphatic rings. The minimum absolute atomic E-state index is 0.0163. The predicted molar refractivity (Wildman–Crippen MR) is 65.5 cm³/mol. The third-order valence-corrected chi connectivity index (χ3v) is 3.62. The molecule has 6 heteroatoms. The van der Waals surface area contributed by atoms with Crippen LogP contribution in [0.5, 0.6) is 0 Å². The van der Waals surface area contributed by atoms with Crippen LogP contribution in [0.25, 0.3) is 0 Å². The Labute approximate surface area is 107 Å². The first kappa shape index (κ1) is 12.0. The Morgan fingerprint density at radius 1 is 1.59 bits per heavy atom. The summed E-state index contributed by atoms with van der Waals surface area (Å²) in [6, 6.07) is 3.03. The molecular weight excluding hydrogens is 288 g/mol. The molecule has 1 atom stereocenters. The number of aromatic nitrogens is 1. The van der Waals surface area contributed by atoms with Gasteiger partial charge in [-0.15, -0.1) is 0 Å². The molecule has 90 valence electrons. The largest absolute Gasteiger partial charge is 0.477 e. The van der Waals surface area contributed by atoms with E-state index < -0.39 is 5.97 Å². The number of aromatic carboxylic acids is 1. The van der Waals surface area contributed by atoms with Crippen LogP contribution >= 0.6 is 15.9 Å². The predicted octanol–water partition coefficient (Wildman–Crippen LogP) is 1.53. The van der Waals surface area contributed by atoms with Crippen LogP contribution in [0.3, 0.4) is 0 Å². The lowest BCUT2D eigenvalue weighted by Crippen LogP contribution is -2.24. The monoisotopic (exact) mass is 298 g/mol. The van der Waals surface area contributed by atoms with Crippen molar-refractivity contribution >= 4 is 33.5 Å². The Balaban J connectivity index is 2.18. The highest BCUT2D eigenvalue weighted by molar-refractivity contribution is 9.09. The number of carboxylic acid groups (broad SMARTS) is 1. The summed E-state index contributed by atoms with van der Waals surface area (Å²) in [6.45, 7) is 0.651. The van der Waals surface area contributed by atoms with Crippen LogP contribution in [0.4, 0.5) is 5.69 Å². The average molecular weight is 299 g/mol. The van der Waals surface area contributed by atoms with Gasteiger partial charge in [0.05, 0.1) is 11.9 Å². The molecule has 0 spiro atoms. The highest BCUT2D eigenvalue weighted by Gasteiger charge is 2.29. The Morgan fingerprint density at radius 3 is 2.82 bits per heavy atom. The Bertz CT molecular complexity index is 447. The van der Waals surface area contributed by atoms with Gasteiger partial charge in [-0.2, -0.15) is 0 Å². The number of alkyl halides is 1. The van der Waals surface area contributed by atoms with E-state index >= 15 is 0 Å². The molecule has 1 aromatic heterocycles. The fourth-order valence-corrected chi connectivity index (χ4v) is 2.24. The number of nitrogens with zero attached hydrogens (tertiary/aromatic N) is 2. The summed E-state index contributed by atoms with van der Waals surface area (Å²) >= 11 is 3.36. The lowest BCUT2D eigenvalue weighted by atomic mass is 10.2. The van der Waals surface area contributed by atoms with Crippen molar-refractivity contribution in [2.75, 3.05) is 16.8 Å². The molecule has 2 rings (SSSR count). The number of rotatable bonds is 3. The number of hydrogen-bond donors (Lipinski definition) is 1. The summed E-state index contributed by atoms with van der Waals surface area (Å²) in [5, 5.41) is 9.51. The maximum Gasteiger partial charge on any atom is 0.354 e. The van der Waals surface area contributed by atoms with Gasteiger partial charge in [0, 0.05) is 18.3 Å². The summed E-state index contributed by atoms with van der Waals surface area (Å²) < 4.78 is 0. The fraction of sp³-hybridized carbons (Fsp3) is 0.364. The van der Waals surface area contributed by atoms with E-state index in [2.05, 4.69) is 20.9 Å². The number of carboxylic acids is 1. The number of carbonyl (C=O) groups excluding carboxylic acids is 1. The van der Waals surface area contributed by atoms with Gasteiger partial charge in [-0.25, -0.2) is 9.78 Å². The number of amides is 1. The van der Waals surface area contributed by atoms with Crippen LogP contribution < -0.4 is 4.90 Å². The molecule has 1 aromatic rings. The smallest absolute Gasteiger partial charge is 0.354 e. The standard InChI is InChI=1S/C11H11BrN2O3/c12-4-7-3-10(15)14(6-7)8-1-2-9(11(16)17)13-5-8/h1-2,5,7H,3-4,6H2,(H,16,17). The van der Waals surface area contributed by atoms with E-state index in [1.54, 1.807) is 11.0 Å². The molecule has 0 aliphatic carbocycles. The van der Waals surface area contributed by atoms with Crippen molar-refractivity contribution < 1.29 is 14.7 Å². The van der Waals surface area contributed by atoms with Crippen molar-refractivity contribution in [3.05, 3.63) is 24.0 Å². The van der Waals surface area contributed by atoms with Gasteiger partial charge in [0.25, 0.3) is 0 Å². The summed E-state index contributed by atoms with van der Waals surface area (Å²) in [4.78, 5) is 27.8. The van der Waals surface area contributed by atoms with Crippen molar-refractivity contribution in [3.63, 3.8) is 0 Å². The molecule has 0 bridgehead atoms. The highest BCUT2D eigenvalue weighted by Crippen LogP contribution is 2.25. The molecule has 0 radical (unpaired) electrons. The van der Waals surface area contributed by atoms with Crippen molar-refractivity contribution in [3.8, 4) is 0 Å². The Hall–Kier alpha value is -1.43. The van der Waals surface area contributed by atoms with Crippen LogP contribution in [0, 0.1) is 5.92 Å². The Morgan fingerprint density at radius 2 is 2.35 bits per heavy atom. The van der Waals surface area contributed by atoms with Crippen LogP contribution in [0.2, 0.25) is 0 Å². The number of carbonyl (C=O) groups is 2. The second-order valence-corrected chi connectivity index (χ2v) is 4.58. The zero-order chi connectivity index (χ0) is 12.4. The molecule has 0 aromatic carbocycles. The first-order valence-corrected chi connectivity index (χ1v) is 6.29. The van der Waals surface area contributed by atoms with Gasteiger partial charge in [0.1, 0.15) is 5.69 Å². The quantitative estimate of drug-likeness (QED) is 0.859. The highest BCUT2D eigenvalue weighted by atomic mass is 79.9. The molecule has 1 aliphatic heterocycles. The SMILES string of the molecule is O=C(O)c1ccc(N2CC(CBr)CC2=O)cn1. The molecule has 1 fully saturated rings. The van der Waals surface area contributed by atoms with Gasteiger partial charge in [-0.3, -0.25) is 4.79 Å². The molecule has 1 saturated heterocycles. The summed E-state index contributed by atoms with van der Waals surface area (Å²) in [5.41, 5.74) is 0.640. The number of pyridine rings is 1. The molecule has 2 heterocycles. The molecule has 17 heavy (non-hydrogen) atoms. The third-order valence-electron chi connectivity index (χ3n) is 2.70. The molecule has 1 N–H and O–H groups in total. The fourth-order valence-electron chi connectivity index (χ4n) is 1.81. The van der Waals surface area contributed by atoms with E-state index in [1.807, 2.05) is 0 Å². The normalized spacial score (nSPS) is 19.7. The van der Waals surface area contributed by atoms with Crippen LogP contribution in [-0.2, 0) is 4.79 Å². The second kappa shape index (κ2) is 4.83. The zero-order valence-electron chi connectivity index (χ0n) is 8.97. The van der Waals surface area contributed by atoms with Gasteiger partial charge in [0.2, 0.25) is 5.91 Å². The Kier molecular flexibility index (Phi) is 3.42. The minimum atomic E-state index is -1.07. The summed E-state index contributed by atoms with van der Waals surface area (Å²) in [7, 11) is 0.